The van der Waals surface area contributed by atoms with E-state index in [1.807, 2.05) is 30.3 Å². The average molecular weight is 355 g/mol. The number of hydrogen-bond donors (Lipinski definition) is 1. The van der Waals surface area contributed by atoms with Gasteiger partial charge in [-0.1, -0.05) is 41.5 Å². The van der Waals surface area contributed by atoms with Crippen LogP contribution in [0.15, 0.2) is 76.8 Å². The van der Waals surface area contributed by atoms with Crippen molar-refractivity contribution in [2.24, 2.45) is 10.1 Å². The summed E-state index contributed by atoms with van der Waals surface area (Å²) in [4.78, 5) is 4.85. The third kappa shape index (κ3) is 3.47. The predicted molar refractivity (Wildman–Crippen MR) is 110 cm³/mol. The van der Waals surface area contributed by atoms with Crippen molar-refractivity contribution < 1.29 is 4.74 Å². The van der Waals surface area contributed by atoms with Crippen LogP contribution >= 0.6 is 0 Å². The Hall–Kier alpha value is -3.40. The molecule has 1 aliphatic heterocycles. The van der Waals surface area contributed by atoms with Crippen molar-refractivity contribution in [2.75, 3.05) is 7.11 Å². The molecule has 3 aromatic carbocycles. The molecule has 0 atom stereocenters. The summed E-state index contributed by atoms with van der Waals surface area (Å²) in [7, 11) is 1.66. The molecule has 0 aromatic heterocycles. The van der Waals surface area contributed by atoms with Gasteiger partial charge in [-0.2, -0.15) is 5.10 Å². The van der Waals surface area contributed by atoms with Crippen LogP contribution in [0.3, 0.4) is 0 Å². The molecule has 4 nitrogen and oxygen atoms in total. The number of benzene rings is 3. The van der Waals surface area contributed by atoms with Gasteiger partial charge in [0, 0.05) is 16.7 Å². The molecule has 1 aliphatic rings. The highest BCUT2D eigenvalue weighted by Crippen LogP contribution is 2.27. The first-order valence-electron chi connectivity index (χ1n) is 8.89. The second-order valence-electron chi connectivity index (χ2n) is 6.65. The third-order valence-corrected chi connectivity index (χ3v) is 4.60. The van der Waals surface area contributed by atoms with E-state index >= 15 is 0 Å². The van der Waals surface area contributed by atoms with E-state index in [0.717, 1.165) is 33.8 Å². The summed E-state index contributed by atoms with van der Waals surface area (Å²) in [6, 6.07) is 22.5. The second-order valence-corrected chi connectivity index (χ2v) is 6.65. The Bertz CT molecular complexity index is 1030. The van der Waals surface area contributed by atoms with Gasteiger partial charge in [0.25, 0.3) is 0 Å². The fourth-order valence-electron chi connectivity index (χ4n) is 3.06. The number of fused-ring (bicyclic) bond motifs is 1. The fourth-order valence-corrected chi connectivity index (χ4v) is 3.06. The normalized spacial score (nSPS) is 13.0. The van der Waals surface area contributed by atoms with Crippen LogP contribution in [0, 0.1) is 13.8 Å². The molecule has 1 N–H and O–H groups in total. The average Bonchev–Trinajstić information content (AvgIpc) is 2.88. The van der Waals surface area contributed by atoms with Crippen LogP contribution in [0.5, 0.6) is 5.75 Å². The number of ether oxygens (including phenoxy) is 1. The lowest BCUT2D eigenvalue weighted by molar-refractivity contribution is 0.415. The zero-order chi connectivity index (χ0) is 18.8. The molecular formula is C23H21N3O. The van der Waals surface area contributed by atoms with Gasteiger partial charge in [-0.15, -0.1) is 0 Å². The van der Waals surface area contributed by atoms with Gasteiger partial charge in [0.1, 0.15) is 5.75 Å². The van der Waals surface area contributed by atoms with E-state index in [1.165, 1.54) is 11.1 Å². The minimum Gasteiger partial charge on any atom is -0.497 e. The topological polar surface area (TPSA) is 46.0 Å². The highest BCUT2D eigenvalue weighted by molar-refractivity contribution is 6.18. The monoisotopic (exact) mass is 355 g/mol. The number of aliphatic imine (C=N–C) groups is 1. The molecule has 0 fully saturated rings. The van der Waals surface area contributed by atoms with Crippen LogP contribution in [0.4, 0.5) is 5.69 Å². The Morgan fingerprint density at radius 3 is 2.15 bits per heavy atom. The van der Waals surface area contributed by atoms with Gasteiger partial charge in [-0.3, -0.25) is 5.43 Å². The standard InChI is InChI=1S/C23H21N3O/c1-15-4-7-17(8-5-15)22-20-14-16(2)6-13-21(20)24-23(26-25-22)18-9-11-19(27-3)12-10-18/h4-14H,1-3H3,(H,24,26). The van der Waals surface area contributed by atoms with E-state index in [0.29, 0.717) is 5.84 Å². The number of nitrogens with one attached hydrogen (secondary N) is 1. The molecule has 0 saturated heterocycles. The molecule has 4 rings (SSSR count). The van der Waals surface area contributed by atoms with Crippen molar-refractivity contribution in [1.29, 1.82) is 0 Å². The Morgan fingerprint density at radius 2 is 1.44 bits per heavy atom. The molecule has 0 unspecified atom stereocenters. The molecule has 1 heterocycles. The first-order valence-corrected chi connectivity index (χ1v) is 8.89. The van der Waals surface area contributed by atoms with Crippen molar-refractivity contribution >= 4 is 17.2 Å². The van der Waals surface area contributed by atoms with E-state index < -0.39 is 0 Å². The van der Waals surface area contributed by atoms with E-state index in [2.05, 4.69) is 55.7 Å². The largest absolute Gasteiger partial charge is 0.497 e. The first-order chi connectivity index (χ1) is 13.1. The van der Waals surface area contributed by atoms with Crippen molar-refractivity contribution in [3.8, 4) is 5.75 Å². The molecule has 0 radical (unpaired) electrons. The van der Waals surface area contributed by atoms with Gasteiger partial charge in [0.05, 0.1) is 18.5 Å². The summed E-state index contributed by atoms with van der Waals surface area (Å²) >= 11 is 0. The second kappa shape index (κ2) is 7.08. The maximum atomic E-state index is 5.25. The van der Waals surface area contributed by atoms with Crippen LogP contribution < -0.4 is 10.2 Å². The number of hydrazone groups is 1. The molecule has 4 heteroatoms. The molecule has 0 amide bonds. The molecule has 0 saturated carbocycles. The van der Waals surface area contributed by atoms with Gasteiger partial charge >= 0.3 is 0 Å². The lowest BCUT2D eigenvalue weighted by atomic mass is 9.98. The number of methoxy groups -OCH3 is 1. The van der Waals surface area contributed by atoms with Gasteiger partial charge in [0.15, 0.2) is 5.84 Å². The smallest absolute Gasteiger partial charge is 0.154 e. The minimum absolute atomic E-state index is 0.713. The van der Waals surface area contributed by atoms with Crippen LogP contribution in [0.2, 0.25) is 0 Å². The van der Waals surface area contributed by atoms with Crippen LogP contribution in [-0.4, -0.2) is 18.7 Å². The molecule has 0 aliphatic carbocycles. The van der Waals surface area contributed by atoms with E-state index in [4.69, 9.17) is 14.8 Å². The van der Waals surface area contributed by atoms with Crippen molar-refractivity contribution in [3.63, 3.8) is 0 Å². The highest BCUT2D eigenvalue weighted by atomic mass is 16.5. The van der Waals surface area contributed by atoms with Crippen molar-refractivity contribution in [2.45, 2.75) is 13.8 Å². The fraction of sp³-hybridized carbons (Fsp3) is 0.130. The highest BCUT2D eigenvalue weighted by Gasteiger charge is 2.17. The molecule has 134 valence electrons. The SMILES string of the molecule is COc1ccc(C2=Nc3ccc(C)cc3C(c3ccc(C)cc3)=NN2)cc1. The molecule has 27 heavy (non-hydrogen) atoms. The van der Waals surface area contributed by atoms with E-state index in [9.17, 15) is 0 Å². The molecule has 3 aromatic rings. The quantitative estimate of drug-likeness (QED) is 0.737. The number of aryl methyl sites for hydroxylation is 2. The van der Waals surface area contributed by atoms with Crippen LogP contribution in [0.25, 0.3) is 0 Å². The Labute approximate surface area is 159 Å². The number of amidine groups is 1. The van der Waals surface area contributed by atoms with Gasteiger partial charge < -0.3 is 4.74 Å². The lowest BCUT2D eigenvalue weighted by Crippen LogP contribution is -2.19. The van der Waals surface area contributed by atoms with Gasteiger partial charge in [-0.05, 0) is 50.2 Å². The number of hydrogen-bond acceptors (Lipinski definition) is 4. The minimum atomic E-state index is 0.713. The Kier molecular flexibility index (Phi) is 4.47. The summed E-state index contributed by atoms with van der Waals surface area (Å²) in [5, 5.41) is 4.71. The van der Waals surface area contributed by atoms with Crippen LogP contribution in [-0.2, 0) is 0 Å². The first kappa shape index (κ1) is 17.0. The Morgan fingerprint density at radius 1 is 0.778 bits per heavy atom. The summed E-state index contributed by atoms with van der Waals surface area (Å²) in [5.74, 6) is 1.53. The third-order valence-electron chi connectivity index (χ3n) is 4.60. The summed E-state index contributed by atoms with van der Waals surface area (Å²) < 4.78 is 5.25. The zero-order valence-electron chi connectivity index (χ0n) is 15.7. The summed E-state index contributed by atoms with van der Waals surface area (Å²) in [6.45, 7) is 4.17. The lowest BCUT2D eigenvalue weighted by Gasteiger charge is -2.09. The van der Waals surface area contributed by atoms with Crippen LogP contribution in [0.1, 0.15) is 27.8 Å². The zero-order valence-corrected chi connectivity index (χ0v) is 15.7. The number of nitrogens with zero attached hydrogens (tertiary/aromatic N) is 2. The molecule has 0 bridgehead atoms. The van der Waals surface area contributed by atoms with Gasteiger partial charge in [0.2, 0.25) is 0 Å². The number of rotatable bonds is 3. The van der Waals surface area contributed by atoms with E-state index in [-0.39, 0.29) is 0 Å². The maximum absolute atomic E-state index is 5.25. The maximum Gasteiger partial charge on any atom is 0.154 e. The van der Waals surface area contributed by atoms with Crippen molar-refractivity contribution in [1.82, 2.24) is 5.43 Å². The summed E-state index contributed by atoms with van der Waals surface area (Å²) in [5.41, 5.74) is 10.4. The van der Waals surface area contributed by atoms with Gasteiger partial charge in [-0.25, -0.2) is 4.99 Å². The van der Waals surface area contributed by atoms with E-state index in [1.54, 1.807) is 7.11 Å². The molecule has 0 spiro atoms. The summed E-state index contributed by atoms with van der Waals surface area (Å²) in [6.07, 6.45) is 0. The predicted octanol–water partition coefficient (Wildman–Crippen LogP) is 4.75. The molecular weight excluding hydrogens is 334 g/mol. The van der Waals surface area contributed by atoms with Crippen molar-refractivity contribution in [3.05, 3.63) is 94.5 Å². The Balaban J connectivity index is 1.82.